The summed E-state index contributed by atoms with van der Waals surface area (Å²) in [6.45, 7) is 6.07. The maximum Gasteiger partial charge on any atom is 0.274 e. The monoisotopic (exact) mass is 400 g/mol. The number of nitrogens with one attached hydrogen (secondary N) is 1. The number of rotatable bonds is 6. The van der Waals surface area contributed by atoms with Crippen molar-refractivity contribution in [2.24, 2.45) is 0 Å². The quantitative estimate of drug-likeness (QED) is 0.808. The predicted molar refractivity (Wildman–Crippen MR) is 109 cm³/mol. The Labute approximate surface area is 171 Å². The molecule has 7 heteroatoms. The highest BCUT2D eigenvalue weighted by atomic mass is 19.1. The summed E-state index contributed by atoms with van der Waals surface area (Å²) in [4.78, 5) is 14.9. The van der Waals surface area contributed by atoms with E-state index >= 15 is 0 Å². The number of aromatic nitrogens is 2. The molecule has 1 aliphatic carbocycles. The van der Waals surface area contributed by atoms with Crippen LogP contribution >= 0.6 is 0 Å². The Balaban J connectivity index is 1.43. The molecule has 0 saturated carbocycles. The fraction of sp³-hybridized carbons (Fsp3) is 0.545. The number of fused-ring (bicyclic) bond motifs is 1. The average Bonchev–Trinajstić information content (AvgIpc) is 3.12. The van der Waals surface area contributed by atoms with Gasteiger partial charge in [-0.15, -0.1) is 0 Å². The SMILES string of the molecule is CCn1nc(C(=O)N2CCOCC2)c2c1CCC(NCCc1cccc(F)c1)C2. The lowest BCUT2D eigenvalue weighted by atomic mass is 9.91. The number of hydrogen-bond acceptors (Lipinski definition) is 4. The number of hydrogen-bond donors (Lipinski definition) is 1. The number of benzene rings is 1. The number of carbonyl (C=O) groups excluding carboxylic acids is 1. The molecule has 0 radical (unpaired) electrons. The van der Waals surface area contributed by atoms with Crippen LogP contribution in [-0.2, 0) is 30.5 Å². The molecule has 1 amide bonds. The van der Waals surface area contributed by atoms with E-state index in [1.54, 1.807) is 12.1 Å². The summed E-state index contributed by atoms with van der Waals surface area (Å²) >= 11 is 0. The number of halogens is 1. The van der Waals surface area contributed by atoms with Crippen LogP contribution in [0.4, 0.5) is 4.39 Å². The summed E-state index contributed by atoms with van der Waals surface area (Å²) < 4.78 is 20.7. The van der Waals surface area contributed by atoms with Gasteiger partial charge in [-0.05, 0) is 56.8 Å². The molecule has 1 saturated heterocycles. The molecule has 6 nitrogen and oxygen atoms in total. The zero-order valence-electron chi connectivity index (χ0n) is 17.0. The molecular formula is C22H29FN4O2. The molecular weight excluding hydrogens is 371 g/mol. The summed E-state index contributed by atoms with van der Waals surface area (Å²) in [5.74, 6) is -0.166. The number of aryl methyl sites for hydroxylation is 1. The Hall–Kier alpha value is -2.25. The molecule has 4 rings (SSSR count). The average molecular weight is 400 g/mol. The van der Waals surface area contributed by atoms with Crippen molar-refractivity contribution in [3.8, 4) is 0 Å². The van der Waals surface area contributed by atoms with E-state index in [2.05, 4.69) is 17.3 Å². The second-order valence-electron chi connectivity index (χ2n) is 7.77. The number of amides is 1. The highest BCUT2D eigenvalue weighted by Crippen LogP contribution is 2.26. The van der Waals surface area contributed by atoms with Crippen molar-refractivity contribution in [3.05, 3.63) is 52.6 Å². The summed E-state index contributed by atoms with van der Waals surface area (Å²) in [6, 6.07) is 7.07. The summed E-state index contributed by atoms with van der Waals surface area (Å²) in [5, 5.41) is 8.27. The van der Waals surface area contributed by atoms with Gasteiger partial charge in [0.05, 0.1) is 13.2 Å². The molecule has 0 bridgehead atoms. The molecule has 1 aliphatic heterocycles. The Bertz CT molecular complexity index is 860. The van der Waals surface area contributed by atoms with Crippen LogP contribution in [0.5, 0.6) is 0 Å². The largest absolute Gasteiger partial charge is 0.378 e. The second kappa shape index (κ2) is 9.05. The smallest absolute Gasteiger partial charge is 0.274 e. The minimum absolute atomic E-state index is 0.0251. The molecule has 1 fully saturated rings. The standard InChI is InChI=1S/C22H29FN4O2/c1-2-27-20-7-6-18(24-9-8-16-4-3-5-17(23)14-16)15-19(20)21(25-27)22(28)26-10-12-29-13-11-26/h3-5,14,18,24H,2,6-13,15H2,1H3. The maximum atomic E-state index is 13.4. The first kappa shape index (κ1) is 20.0. The van der Waals surface area contributed by atoms with Crippen LogP contribution in [0.25, 0.3) is 0 Å². The van der Waals surface area contributed by atoms with Crippen LogP contribution < -0.4 is 5.32 Å². The third-order valence-electron chi connectivity index (χ3n) is 5.88. The minimum Gasteiger partial charge on any atom is -0.378 e. The van der Waals surface area contributed by atoms with Crippen LogP contribution in [0.3, 0.4) is 0 Å². The summed E-state index contributed by atoms with van der Waals surface area (Å²) in [6.07, 6.45) is 3.54. The number of carbonyl (C=O) groups is 1. The topological polar surface area (TPSA) is 59.4 Å². The van der Waals surface area contributed by atoms with Crippen molar-refractivity contribution in [1.82, 2.24) is 20.0 Å². The van der Waals surface area contributed by atoms with E-state index in [1.165, 1.54) is 11.8 Å². The number of nitrogens with zero attached hydrogens (tertiary/aromatic N) is 3. The number of ether oxygens (including phenoxy) is 1. The van der Waals surface area contributed by atoms with E-state index < -0.39 is 0 Å². The number of morpholine rings is 1. The second-order valence-corrected chi connectivity index (χ2v) is 7.77. The molecule has 2 aromatic rings. The zero-order chi connectivity index (χ0) is 20.2. The van der Waals surface area contributed by atoms with Gasteiger partial charge in [0.25, 0.3) is 5.91 Å². The molecule has 0 spiro atoms. The lowest BCUT2D eigenvalue weighted by Crippen LogP contribution is -2.42. The van der Waals surface area contributed by atoms with E-state index in [9.17, 15) is 9.18 Å². The van der Waals surface area contributed by atoms with Crippen molar-refractivity contribution in [2.75, 3.05) is 32.8 Å². The van der Waals surface area contributed by atoms with E-state index in [0.29, 0.717) is 38.0 Å². The van der Waals surface area contributed by atoms with Gasteiger partial charge in [0.1, 0.15) is 5.82 Å². The van der Waals surface area contributed by atoms with Crippen molar-refractivity contribution in [3.63, 3.8) is 0 Å². The van der Waals surface area contributed by atoms with E-state index in [0.717, 1.165) is 49.9 Å². The lowest BCUT2D eigenvalue weighted by molar-refractivity contribution is 0.0297. The van der Waals surface area contributed by atoms with Gasteiger partial charge in [-0.25, -0.2) is 4.39 Å². The first-order chi connectivity index (χ1) is 14.2. The van der Waals surface area contributed by atoms with Gasteiger partial charge in [-0.1, -0.05) is 12.1 Å². The molecule has 2 heterocycles. The van der Waals surface area contributed by atoms with Crippen molar-refractivity contribution < 1.29 is 13.9 Å². The van der Waals surface area contributed by atoms with E-state index in [1.807, 2.05) is 15.6 Å². The van der Waals surface area contributed by atoms with Crippen LogP contribution in [0.1, 0.15) is 40.7 Å². The van der Waals surface area contributed by atoms with Crippen LogP contribution in [0, 0.1) is 5.82 Å². The fourth-order valence-corrected chi connectivity index (χ4v) is 4.32. The van der Waals surface area contributed by atoms with Crippen LogP contribution in [-0.4, -0.2) is 59.5 Å². The van der Waals surface area contributed by atoms with Gasteiger partial charge >= 0.3 is 0 Å². The normalized spacial score (nSPS) is 19.2. The summed E-state index contributed by atoms with van der Waals surface area (Å²) in [7, 11) is 0. The van der Waals surface area contributed by atoms with E-state index in [4.69, 9.17) is 4.74 Å². The van der Waals surface area contributed by atoms with Gasteiger partial charge in [0.15, 0.2) is 5.69 Å². The van der Waals surface area contributed by atoms with Crippen LogP contribution in [0.2, 0.25) is 0 Å². The summed E-state index contributed by atoms with van der Waals surface area (Å²) in [5.41, 5.74) is 3.90. The molecule has 1 aromatic heterocycles. The molecule has 1 unspecified atom stereocenters. The van der Waals surface area contributed by atoms with E-state index in [-0.39, 0.29) is 11.7 Å². The fourth-order valence-electron chi connectivity index (χ4n) is 4.32. The Morgan fingerprint density at radius 2 is 2.17 bits per heavy atom. The van der Waals surface area contributed by atoms with Crippen LogP contribution in [0.15, 0.2) is 24.3 Å². The Morgan fingerprint density at radius 3 is 2.93 bits per heavy atom. The third-order valence-corrected chi connectivity index (χ3v) is 5.88. The molecule has 1 atom stereocenters. The highest BCUT2D eigenvalue weighted by molar-refractivity contribution is 5.94. The third kappa shape index (κ3) is 4.51. The van der Waals surface area contributed by atoms with Crippen molar-refractivity contribution in [2.45, 2.75) is 45.2 Å². The zero-order valence-corrected chi connectivity index (χ0v) is 17.0. The first-order valence-corrected chi connectivity index (χ1v) is 10.6. The predicted octanol–water partition coefficient (Wildman–Crippen LogP) is 2.20. The molecule has 29 heavy (non-hydrogen) atoms. The Kier molecular flexibility index (Phi) is 6.25. The van der Waals surface area contributed by atoms with Gasteiger partial charge < -0.3 is 15.0 Å². The molecule has 156 valence electrons. The maximum absolute atomic E-state index is 13.4. The van der Waals surface area contributed by atoms with Gasteiger partial charge in [-0.2, -0.15) is 5.10 Å². The van der Waals surface area contributed by atoms with Gasteiger partial charge in [0.2, 0.25) is 0 Å². The molecule has 1 N–H and O–H groups in total. The molecule has 2 aliphatic rings. The molecule has 1 aromatic carbocycles. The van der Waals surface area contributed by atoms with Gasteiger partial charge in [-0.3, -0.25) is 9.48 Å². The Morgan fingerprint density at radius 1 is 1.34 bits per heavy atom. The lowest BCUT2D eigenvalue weighted by Gasteiger charge is -2.28. The first-order valence-electron chi connectivity index (χ1n) is 10.6. The van der Waals surface area contributed by atoms with Crippen molar-refractivity contribution in [1.29, 1.82) is 0 Å². The minimum atomic E-state index is -0.192. The highest BCUT2D eigenvalue weighted by Gasteiger charge is 2.31. The van der Waals surface area contributed by atoms with Crippen molar-refractivity contribution >= 4 is 5.91 Å². The van der Waals surface area contributed by atoms with Gasteiger partial charge in [0, 0.05) is 36.9 Å².